The van der Waals surface area contributed by atoms with Crippen molar-refractivity contribution in [3.63, 3.8) is 0 Å². The summed E-state index contributed by atoms with van der Waals surface area (Å²) >= 11 is 0. The Balaban J connectivity index is 3.68. The normalized spacial score (nSPS) is 13.6. The number of unbranched alkanes of at least 4 members (excludes halogenated alkanes) is 21. The first-order chi connectivity index (χ1) is 22.2. The van der Waals surface area contributed by atoms with Crippen LogP contribution in [0.15, 0.2) is 48.6 Å². The van der Waals surface area contributed by atoms with Crippen molar-refractivity contribution in [2.75, 3.05) is 6.61 Å². The van der Waals surface area contributed by atoms with Gasteiger partial charge in [-0.05, 0) is 57.8 Å². The first-order valence-corrected chi connectivity index (χ1v) is 19.4. The summed E-state index contributed by atoms with van der Waals surface area (Å²) in [5.41, 5.74) is 0. The Bertz CT molecular complexity index is 726. The van der Waals surface area contributed by atoms with Gasteiger partial charge in [0.15, 0.2) is 0 Å². The van der Waals surface area contributed by atoms with Crippen molar-refractivity contribution < 1.29 is 15.0 Å². The molecule has 0 heterocycles. The number of nitrogens with one attached hydrogen (secondary N) is 1. The smallest absolute Gasteiger partial charge is 0.220 e. The molecule has 2 unspecified atom stereocenters. The molecule has 262 valence electrons. The average Bonchev–Trinajstić information content (AvgIpc) is 3.04. The Morgan fingerprint density at radius 1 is 0.533 bits per heavy atom. The summed E-state index contributed by atoms with van der Waals surface area (Å²) in [6.07, 6.45) is 49.1. The molecule has 3 N–H and O–H groups in total. The number of hydrogen-bond donors (Lipinski definition) is 3. The minimum Gasteiger partial charge on any atom is -0.394 e. The lowest BCUT2D eigenvalue weighted by Crippen LogP contribution is -2.45. The molecule has 0 fully saturated rings. The van der Waals surface area contributed by atoms with Gasteiger partial charge in [-0.1, -0.05) is 172 Å². The molecule has 0 aromatic heterocycles. The van der Waals surface area contributed by atoms with Gasteiger partial charge in [0.05, 0.1) is 18.8 Å². The van der Waals surface area contributed by atoms with E-state index in [0.717, 1.165) is 51.4 Å². The van der Waals surface area contributed by atoms with Gasteiger partial charge >= 0.3 is 0 Å². The number of hydrogen-bond acceptors (Lipinski definition) is 3. The molecule has 4 heteroatoms. The standard InChI is InChI=1S/C41H75NO3/c1-3-5-7-9-11-13-15-17-19-20-21-22-23-24-26-28-30-32-34-36-40(44)39(38-43)42-41(45)37-35-33-31-29-27-25-18-16-14-12-10-8-6-4-2/h10,12,16,18,26,28,34,36,39-40,43-44H,3-9,11,13-15,17,19-25,27,29-33,35,37-38H2,1-2H3,(H,42,45)/b12-10-,18-16-,28-26+,36-34+. The van der Waals surface area contributed by atoms with Crippen LogP contribution in [-0.2, 0) is 4.79 Å². The van der Waals surface area contributed by atoms with Gasteiger partial charge in [-0.15, -0.1) is 0 Å². The number of carbonyl (C=O) groups is 1. The second kappa shape index (κ2) is 36.8. The lowest BCUT2D eigenvalue weighted by Gasteiger charge is -2.19. The Hall–Kier alpha value is -1.65. The molecule has 0 spiro atoms. The average molecular weight is 630 g/mol. The van der Waals surface area contributed by atoms with Crippen LogP contribution in [0.25, 0.3) is 0 Å². The minimum absolute atomic E-state index is 0.0903. The van der Waals surface area contributed by atoms with Gasteiger partial charge in [-0.25, -0.2) is 0 Å². The van der Waals surface area contributed by atoms with Crippen molar-refractivity contribution in [2.45, 2.75) is 199 Å². The van der Waals surface area contributed by atoms with E-state index < -0.39 is 12.1 Å². The zero-order chi connectivity index (χ0) is 32.9. The molecule has 0 bridgehead atoms. The summed E-state index contributed by atoms with van der Waals surface area (Å²) in [5, 5.41) is 22.9. The Kier molecular flexibility index (Phi) is 35.5. The summed E-state index contributed by atoms with van der Waals surface area (Å²) in [4.78, 5) is 12.3. The van der Waals surface area contributed by atoms with E-state index >= 15 is 0 Å². The van der Waals surface area contributed by atoms with Crippen LogP contribution in [0.1, 0.15) is 187 Å². The van der Waals surface area contributed by atoms with Gasteiger partial charge in [0, 0.05) is 6.42 Å². The maximum absolute atomic E-state index is 12.3. The fraction of sp³-hybridized carbons (Fsp3) is 0.780. The summed E-state index contributed by atoms with van der Waals surface area (Å²) in [6.45, 7) is 4.24. The van der Waals surface area contributed by atoms with Crippen molar-refractivity contribution in [3.8, 4) is 0 Å². The van der Waals surface area contributed by atoms with Crippen LogP contribution in [0.5, 0.6) is 0 Å². The predicted octanol–water partition coefficient (Wildman–Crippen LogP) is 11.6. The Labute approximate surface area is 280 Å². The number of rotatable bonds is 34. The maximum atomic E-state index is 12.3. The van der Waals surface area contributed by atoms with E-state index in [4.69, 9.17) is 0 Å². The highest BCUT2D eigenvalue weighted by Gasteiger charge is 2.17. The van der Waals surface area contributed by atoms with Crippen LogP contribution in [0.3, 0.4) is 0 Å². The van der Waals surface area contributed by atoms with E-state index in [1.54, 1.807) is 6.08 Å². The highest BCUT2D eigenvalue weighted by molar-refractivity contribution is 5.76. The molecule has 0 aromatic rings. The van der Waals surface area contributed by atoms with E-state index in [1.165, 1.54) is 116 Å². The summed E-state index contributed by atoms with van der Waals surface area (Å²) in [6, 6.07) is -0.645. The SMILES string of the molecule is CCCC/C=C\C/C=C\CCCCCCCC(=O)NC(CO)C(O)/C=C/CC/C=C/CCCCCCCCCCCCCCC. The van der Waals surface area contributed by atoms with Crippen LogP contribution in [0, 0.1) is 0 Å². The Morgan fingerprint density at radius 3 is 1.49 bits per heavy atom. The topological polar surface area (TPSA) is 69.6 Å². The fourth-order valence-electron chi connectivity index (χ4n) is 5.50. The van der Waals surface area contributed by atoms with Crippen LogP contribution in [-0.4, -0.2) is 34.9 Å². The van der Waals surface area contributed by atoms with E-state index in [2.05, 4.69) is 55.6 Å². The molecule has 0 aliphatic rings. The quantitative estimate of drug-likeness (QED) is 0.0490. The molecule has 0 aliphatic carbocycles. The number of aliphatic hydroxyl groups excluding tert-OH is 2. The lowest BCUT2D eigenvalue weighted by atomic mass is 10.0. The zero-order valence-electron chi connectivity index (χ0n) is 29.9. The zero-order valence-corrected chi connectivity index (χ0v) is 29.9. The molecule has 4 nitrogen and oxygen atoms in total. The molecule has 0 saturated carbocycles. The second-order valence-electron chi connectivity index (χ2n) is 13.0. The number of aliphatic hydroxyl groups is 2. The third kappa shape index (κ3) is 33.5. The summed E-state index contributed by atoms with van der Waals surface area (Å²) in [5.74, 6) is -0.0903. The maximum Gasteiger partial charge on any atom is 0.220 e. The van der Waals surface area contributed by atoms with E-state index in [9.17, 15) is 15.0 Å². The first kappa shape index (κ1) is 43.4. The van der Waals surface area contributed by atoms with Crippen molar-refractivity contribution in [3.05, 3.63) is 48.6 Å². The highest BCUT2D eigenvalue weighted by Crippen LogP contribution is 2.13. The van der Waals surface area contributed by atoms with Crippen molar-refractivity contribution in [1.82, 2.24) is 5.32 Å². The minimum atomic E-state index is -0.867. The van der Waals surface area contributed by atoms with Crippen LogP contribution < -0.4 is 5.32 Å². The molecule has 0 saturated heterocycles. The molecule has 0 radical (unpaired) electrons. The van der Waals surface area contributed by atoms with Gasteiger partial charge in [0.25, 0.3) is 0 Å². The van der Waals surface area contributed by atoms with Gasteiger partial charge < -0.3 is 15.5 Å². The van der Waals surface area contributed by atoms with E-state index in [-0.39, 0.29) is 12.5 Å². The number of allylic oxidation sites excluding steroid dienone is 7. The third-order valence-corrected chi connectivity index (χ3v) is 8.53. The monoisotopic (exact) mass is 630 g/mol. The highest BCUT2D eigenvalue weighted by atomic mass is 16.3. The molecule has 1 amide bonds. The molecular formula is C41H75NO3. The van der Waals surface area contributed by atoms with E-state index in [0.29, 0.717) is 6.42 Å². The number of carbonyl (C=O) groups excluding carboxylic acids is 1. The van der Waals surface area contributed by atoms with Crippen LogP contribution in [0.4, 0.5) is 0 Å². The van der Waals surface area contributed by atoms with Gasteiger partial charge in [-0.2, -0.15) is 0 Å². The van der Waals surface area contributed by atoms with Crippen LogP contribution >= 0.6 is 0 Å². The fourth-order valence-corrected chi connectivity index (χ4v) is 5.50. The molecule has 0 aromatic carbocycles. The largest absolute Gasteiger partial charge is 0.394 e. The molecule has 45 heavy (non-hydrogen) atoms. The molecule has 0 aliphatic heterocycles. The van der Waals surface area contributed by atoms with E-state index in [1.807, 2.05) is 6.08 Å². The van der Waals surface area contributed by atoms with Gasteiger partial charge in [0.2, 0.25) is 5.91 Å². The van der Waals surface area contributed by atoms with Crippen LogP contribution in [0.2, 0.25) is 0 Å². The summed E-state index contributed by atoms with van der Waals surface area (Å²) in [7, 11) is 0. The third-order valence-electron chi connectivity index (χ3n) is 8.53. The Morgan fingerprint density at radius 2 is 0.956 bits per heavy atom. The second-order valence-corrected chi connectivity index (χ2v) is 13.0. The summed E-state index contributed by atoms with van der Waals surface area (Å²) < 4.78 is 0. The van der Waals surface area contributed by atoms with Gasteiger partial charge in [-0.3, -0.25) is 4.79 Å². The predicted molar refractivity (Wildman–Crippen MR) is 198 cm³/mol. The van der Waals surface area contributed by atoms with Crippen molar-refractivity contribution in [2.24, 2.45) is 0 Å². The molecular weight excluding hydrogens is 554 g/mol. The van der Waals surface area contributed by atoms with Gasteiger partial charge in [0.1, 0.15) is 0 Å². The number of amides is 1. The lowest BCUT2D eigenvalue weighted by molar-refractivity contribution is -0.123. The molecule has 0 rings (SSSR count). The van der Waals surface area contributed by atoms with Crippen molar-refractivity contribution in [1.29, 1.82) is 0 Å². The molecule has 2 atom stereocenters. The van der Waals surface area contributed by atoms with Crippen molar-refractivity contribution >= 4 is 5.91 Å². The first-order valence-electron chi connectivity index (χ1n) is 19.4.